The predicted octanol–water partition coefficient (Wildman–Crippen LogP) is 2.78. The van der Waals surface area contributed by atoms with Crippen LogP contribution in [0.25, 0.3) is 0 Å². The van der Waals surface area contributed by atoms with E-state index in [2.05, 4.69) is 0 Å². The maximum absolute atomic E-state index is 8.87. The highest BCUT2D eigenvalue weighted by atomic mass is 35.5. The van der Waals surface area contributed by atoms with E-state index in [1.807, 2.05) is 6.07 Å². The second kappa shape index (κ2) is 5.94. The van der Waals surface area contributed by atoms with Crippen LogP contribution in [-0.2, 0) is 4.74 Å². The van der Waals surface area contributed by atoms with Crippen LogP contribution in [0.3, 0.4) is 0 Å². The van der Waals surface area contributed by atoms with Gasteiger partial charge in [0.05, 0.1) is 37.0 Å². The summed E-state index contributed by atoms with van der Waals surface area (Å²) in [6.07, 6.45) is 1.75. The van der Waals surface area contributed by atoms with Gasteiger partial charge in [0.15, 0.2) is 11.5 Å². The fourth-order valence-corrected chi connectivity index (χ4v) is 2.11. The average molecular weight is 268 g/mol. The molecule has 0 aliphatic carbocycles. The topological polar surface area (TPSA) is 51.5 Å². The average Bonchev–Trinajstić information content (AvgIpc) is 2.42. The molecular weight excluding hydrogens is 254 g/mol. The highest BCUT2D eigenvalue weighted by Crippen LogP contribution is 2.37. The van der Waals surface area contributed by atoms with E-state index in [0.717, 1.165) is 12.8 Å². The normalized spacial score (nSPS) is 16.1. The number of hydrogen-bond acceptors (Lipinski definition) is 4. The van der Waals surface area contributed by atoms with Gasteiger partial charge in [-0.25, -0.2) is 0 Å². The molecule has 0 aromatic heterocycles. The van der Waals surface area contributed by atoms with Crippen molar-refractivity contribution in [1.29, 1.82) is 5.26 Å². The third-order valence-corrected chi connectivity index (χ3v) is 3.09. The summed E-state index contributed by atoms with van der Waals surface area (Å²) in [6, 6.07) is 5.24. The standard InChI is InChI=1S/C13H14ClNO3/c1-16-12-7-9(8-15)6-11(14)13(12)18-10-2-4-17-5-3-10/h6-7,10H,2-5H2,1H3. The minimum absolute atomic E-state index is 0.0816. The van der Waals surface area contributed by atoms with Gasteiger partial charge < -0.3 is 14.2 Å². The largest absolute Gasteiger partial charge is 0.493 e. The number of benzene rings is 1. The Labute approximate surface area is 111 Å². The Morgan fingerprint density at radius 2 is 2.11 bits per heavy atom. The molecule has 2 rings (SSSR count). The summed E-state index contributed by atoms with van der Waals surface area (Å²) in [6.45, 7) is 1.39. The lowest BCUT2D eigenvalue weighted by molar-refractivity contribution is 0.0246. The maximum Gasteiger partial charge on any atom is 0.180 e. The predicted molar refractivity (Wildman–Crippen MR) is 67.2 cm³/mol. The minimum Gasteiger partial charge on any atom is -0.493 e. The van der Waals surface area contributed by atoms with Crippen LogP contribution in [-0.4, -0.2) is 26.4 Å². The van der Waals surface area contributed by atoms with Crippen molar-refractivity contribution in [3.63, 3.8) is 0 Å². The molecule has 1 saturated heterocycles. The number of ether oxygens (including phenoxy) is 3. The number of halogens is 1. The first-order chi connectivity index (χ1) is 8.74. The second-order valence-corrected chi connectivity index (χ2v) is 4.44. The lowest BCUT2D eigenvalue weighted by Crippen LogP contribution is -2.26. The molecule has 4 nitrogen and oxygen atoms in total. The third kappa shape index (κ3) is 2.87. The molecule has 18 heavy (non-hydrogen) atoms. The molecule has 1 aliphatic heterocycles. The molecule has 5 heteroatoms. The van der Waals surface area contributed by atoms with Crippen molar-refractivity contribution in [3.05, 3.63) is 22.7 Å². The molecule has 1 aromatic carbocycles. The van der Waals surface area contributed by atoms with E-state index in [1.54, 1.807) is 12.1 Å². The van der Waals surface area contributed by atoms with Crippen molar-refractivity contribution in [1.82, 2.24) is 0 Å². The Morgan fingerprint density at radius 1 is 1.39 bits per heavy atom. The zero-order valence-electron chi connectivity index (χ0n) is 10.1. The van der Waals surface area contributed by atoms with Gasteiger partial charge in [0, 0.05) is 18.9 Å². The molecule has 0 spiro atoms. The van der Waals surface area contributed by atoms with Gasteiger partial charge in [0.25, 0.3) is 0 Å². The Morgan fingerprint density at radius 3 is 2.72 bits per heavy atom. The highest BCUT2D eigenvalue weighted by molar-refractivity contribution is 6.32. The Kier molecular flexibility index (Phi) is 4.29. The number of nitrogens with zero attached hydrogens (tertiary/aromatic N) is 1. The fourth-order valence-electron chi connectivity index (χ4n) is 1.86. The molecule has 0 N–H and O–H groups in total. The van der Waals surface area contributed by atoms with Crippen molar-refractivity contribution in [3.8, 4) is 17.6 Å². The lowest BCUT2D eigenvalue weighted by Gasteiger charge is -2.24. The molecule has 1 aromatic rings. The fraction of sp³-hybridized carbons (Fsp3) is 0.462. The summed E-state index contributed by atoms with van der Waals surface area (Å²) in [5.74, 6) is 0.996. The third-order valence-electron chi connectivity index (χ3n) is 2.81. The molecule has 0 amide bonds. The van der Waals surface area contributed by atoms with Crippen LogP contribution in [0.2, 0.25) is 5.02 Å². The Balaban J connectivity index is 2.23. The summed E-state index contributed by atoms with van der Waals surface area (Å²) in [4.78, 5) is 0. The zero-order chi connectivity index (χ0) is 13.0. The second-order valence-electron chi connectivity index (χ2n) is 4.03. The van der Waals surface area contributed by atoms with E-state index in [0.29, 0.717) is 35.3 Å². The molecule has 0 atom stereocenters. The summed E-state index contributed by atoms with van der Waals surface area (Å²) in [7, 11) is 1.53. The first kappa shape index (κ1) is 13.0. The van der Waals surface area contributed by atoms with Gasteiger partial charge in [0.2, 0.25) is 0 Å². The van der Waals surface area contributed by atoms with Gasteiger partial charge in [-0.3, -0.25) is 0 Å². The number of nitriles is 1. The number of hydrogen-bond donors (Lipinski definition) is 0. The first-order valence-corrected chi connectivity index (χ1v) is 6.14. The van der Waals surface area contributed by atoms with Crippen LogP contribution in [0.1, 0.15) is 18.4 Å². The van der Waals surface area contributed by atoms with Gasteiger partial charge in [-0.05, 0) is 6.07 Å². The summed E-state index contributed by atoms with van der Waals surface area (Å²) in [5, 5.41) is 9.27. The smallest absolute Gasteiger partial charge is 0.180 e. The van der Waals surface area contributed by atoms with E-state index >= 15 is 0 Å². The molecule has 1 aliphatic rings. The Hall–Kier alpha value is -1.44. The maximum atomic E-state index is 8.87. The van der Waals surface area contributed by atoms with Crippen LogP contribution < -0.4 is 9.47 Å². The quantitative estimate of drug-likeness (QED) is 0.845. The van der Waals surface area contributed by atoms with Crippen molar-refractivity contribution in [2.75, 3.05) is 20.3 Å². The molecule has 1 fully saturated rings. The van der Waals surface area contributed by atoms with E-state index in [9.17, 15) is 0 Å². The monoisotopic (exact) mass is 267 g/mol. The summed E-state index contributed by atoms with van der Waals surface area (Å²) >= 11 is 6.12. The molecule has 0 unspecified atom stereocenters. The molecule has 96 valence electrons. The minimum atomic E-state index is 0.0816. The highest BCUT2D eigenvalue weighted by Gasteiger charge is 2.20. The summed E-state index contributed by atoms with van der Waals surface area (Å²) in [5.41, 5.74) is 0.455. The Bertz CT molecular complexity index is 464. The summed E-state index contributed by atoms with van der Waals surface area (Å²) < 4.78 is 16.4. The molecule has 0 bridgehead atoms. The molecule has 0 radical (unpaired) electrons. The first-order valence-electron chi connectivity index (χ1n) is 5.76. The van der Waals surface area contributed by atoms with Crippen molar-refractivity contribution in [2.24, 2.45) is 0 Å². The molecule has 0 saturated carbocycles. The van der Waals surface area contributed by atoms with Crippen molar-refractivity contribution < 1.29 is 14.2 Å². The van der Waals surface area contributed by atoms with Crippen LogP contribution >= 0.6 is 11.6 Å². The van der Waals surface area contributed by atoms with Gasteiger partial charge in [-0.1, -0.05) is 11.6 Å². The molecular formula is C13H14ClNO3. The molecule has 1 heterocycles. The zero-order valence-corrected chi connectivity index (χ0v) is 10.9. The van der Waals surface area contributed by atoms with E-state index in [1.165, 1.54) is 7.11 Å². The van der Waals surface area contributed by atoms with E-state index < -0.39 is 0 Å². The van der Waals surface area contributed by atoms with Crippen LogP contribution in [0.15, 0.2) is 12.1 Å². The number of rotatable bonds is 3. The SMILES string of the molecule is COc1cc(C#N)cc(Cl)c1OC1CCOCC1. The van der Waals surface area contributed by atoms with Gasteiger partial charge in [0.1, 0.15) is 6.10 Å². The van der Waals surface area contributed by atoms with Crippen LogP contribution in [0.4, 0.5) is 0 Å². The van der Waals surface area contributed by atoms with Crippen LogP contribution in [0, 0.1) is 11.3 Å². The number of methoxy groups -OCH3 is 1. The van der Waals surface area contributed by atoms with E-state index in [4.69, 9.17) is 31.1 Å². The van der Waals surface area contributed by atoms with Crippen LogP contribution in [0.5, 0.6) is 11.5 Å². The van der Waals surface area contributed by atoms with Gasteiger partial charge >= 0.3 is 0 Å². The lowest BCUT2D eigenvalue weighted by atomic mass is 10.1. The van der Waals surface area contributed by atoms with Gasteiger partial charge in [-0.2, -0.15) is 5.26 Å². The van der Waals surface area contributed by atoms with Crippen molar-refractivity contribution in [2.45, 2.75) is 18.9 Å². The van der Waals surface area contributed by atoms with E-state index in [-0.39, 0.29) is 6.10 Å². The van der Waals surface area contributed by atoms with Crippen molar-refractivity contribution >= 4 is 11.6 Å². The van der Waals surface area contributed by atoms with Gasteiger partial charge in [-0.15, -0.1) is 0 Å².